The molecule has 0 aromatic carbocycles. The molecule has 6 nitrogen and oxygen atoms in total. The van der Waals surface area contributed by atoms with Gasteiger partial charge in [0.15, 0.2) is 9.84 Å². The molecule has 1 atom stereocenters. The minimum absolute atomic E-state index is 0.00550. The first-order valence-electron chi connectivity index (χ1n) is 6.65. The number of sulfone groups is 1. The van der Waals surface area contributed by atoms with Gasteiger partial charge in [0.2, 0.25) is 5.91 Å². The third-order valence-corrected chi connectivity index (χ3v) is 5.27. The molecule has 0 bridgehead atoms. The molecular weight excluding hydrogens is 266 g/mol. The molecule has 1 aliphatic rings. The normalized spacial score (nSPS) is 21.8. The summed E-state index contributed by atoms with van der Waals surface area (Å²) >= 11 is 0. The summed E-state index contributed by atoms with van der Waals surface area (Å²) in [5.74, 6) is 0.306. The fourth-order valence-corrected chi connectivity index (χ4v) is 4.01. The molecule has 1 saturated heterocycles. The van der Waals surface area contributed by atoms with E-state index in [4.69, 9.17) is 0 Å². The van der Waals surface area contributed by atoms with Gasteiger partial charge < -0.3 is 10.2 Å². The smallest absolute Gasteiger partial charge is 0.236 e. The van der Waals surface area contributed by atoms with Crippen molar-refractivity contribution < 1.29 is 13.2 Å². The second-order valence-electron chi connectivity index (χ2n) is 5.26. The lowest BCUT2D eigenvalue weighted by atomic mass is 10.2. The lowest BCUT2D eigenvalue weighted by Crippen LogP contribution is -2.43. The molecule has 0 aromatic rings. The zero-order valence-corrected chi connectivity index (χ0v) is 12.9. The molecule has 1 heterocycles. The van der Waals surface area contributed by atoms with Crippen LogP contribution < -0.4 is 5.32 Å². The van der Waals surface area contributed by atoms with Crippen molar-refractivity contribution in [2.24, 2.45) is 0 Å². The number of carbonyl (C=O) groups is 1. The number of carbonyl (C=O) groups excluding carboxylic acids is 1. The zero-order valence-electron chi connectivity index (χ0n) is 12.1. The quantitative estimate of drug-likeness (QED) is 0.620. The average Bonchev–Trinajstić information content (AvgIpc) is 2.69. The molecule has 1 fully saturated rings. The lowest BCUT2D eigenvalue weighted by molar-refractivity contribution is -0.132. The predicted molar refractivity (Wildman–Crippen MR) is 75.9 cm³/mol. The second-order valence-corrected chi connectivity index (χ2v) is 7.49. The van der Waals surface area contributed by atoms with Crippen LogP contribution in [0.1, 0.15) is 12.8 Å². The van der Waals surface area contributed by atoms with Crippen LogP contribution in [-0.2, 0) is 14.6 Å². The first-order chi connectivity index (χ1) is 8.85. The molecular formula is C12H25N3O3S. The van der Waals surface area contributed by atoms with E-state index in [0.29, 0.717) is 13.0 Å². The van der Waals surface area contributed by atoms with Crippen LogP contribution in [0.4, 0.5) is 0 Å². The number of hydrogen-bond donors (Lipinski definition) is 1. The molecule has 1 amide bonds. The number of nitrogens with one attached hydrogen (secondary N) is 1. The number of rotatable bonds is 7. The van der Waals surface area contributed by atoms with Crippen LogP contribution in [0.25, 0.3) is 0 Å². The standard InChI is InChI=1S/C12H25N3O3S/c1-13-6-4-7-14(2)9-12(16)15(3)11-5-8-19(17,18)10-11/h11,13H,4-10H2,1-3H3. The van der Waals surface area contributed by atoms with Crippen LogP contribution in [0.15, 0.2) is 0 Å². The summed E-state index contributed by atoms with van der Waals surface area (Å²) in [6.07, 6.45) is 1.55. The monoisotopic (exact) mass is 291 g/mol. The Morgan fingerprint density at radius 2 is 2.05 bits per heavy atom. The van der Waals surface area contributed by atoms with Crippen molar-refractivity contribution >= 4 is 15.7 Å². The highest BCUT2D eigenvalue weighted by Gasteiger charge is 2.32. The highest BCUT2D eigenvalue weighted by Crippen LogP contribution is 2.16. The van der Waals surface area contributed by atoms with Gasteiger partial charge in [-0.25, -0.2) is 8.42 Å². The van der Waals surface area contributed by atoms with Crippen molar-refractivity contribution in [1.29, 1.82) is 0 Å². The maximum absolute atomic E-state index is 12.1. The topological polar surface area (TPSA) is 69.7 Å². The van der Waals surface area contributed by atoms with Gasteiger partial charge in [0, 0.05) is 13.1 Å². The van der Waals surface area contributed by atoms with E-state index in [2.05, 4.69) is 5.32 Å². The Labute approximate surface area is 116 Å². The number of hydrogen-bond acceptors (Lipinski definition) is 5. The Hall–Kier alpha value is -0.660. The molecule has 0 aromatic heterocycles. The summed E-state index contributed by atoms with van der Waals surface area (Å²) in [4.78, 5) is 15.6. The fourth-order valence-electron chi connectivity index (χ4n) is 2.23. The Kier molecular flexibility index (Phi) is 6.22. The summed E-state index contributed by atoms with van der Waals surface area (Å²) in [6, 6.07) is -0.150. The van der Waals surface area contributed by atoms with E-state index in [9.17, 15) is 13.2 Å². The van der Waals surface area contributed by atoms with E-state index in [0.717, 1.165) is 19.5 Å². The molecule has 0 aliphatic carbocycles. The van der Waals surface area contributed by atoms with E-state index >= 15 is 0 Å². The van der Waals surface area contributed by atoms with Crippen LogP contribution >= 0.6 is 0 Å². The van der Waals surface area contributed by atoms with Gasteiger partial charge in [0.25, 0.3) is 0 Å². The van der Waals surface area contributed by atoms with E-state index in [1.165, 1.54) is 0 Å². The van der Waals surface area contributed by atoms with Crippen LogP contribution in [-0.4, -0.2) is 82.4 Å². The highest BCUT2D eigenvalue weighted by atomic mass is 32.2. The van der Waals surface area contributed by atoms with E-state index in [1.807, 2.05) is 19.0 Å². The Balaban J connectivity index is 2.36. The third-order valence-electron chi connectivity index (χ3n) is 3.52. The number of nitrogens with zero attached hydrogens (tertiary/aromatic N) is 2. The molecule has 112 valence electrons. The molecule has 19 heavy (non-hydrogen) atoms. The van der Waals surface area contributed by atoms with Crippen molar-refractivity contribution in [3.05, 3.63) is 0 Å². The van der Waals surface area contributed by atoms with Crippen molar-refractivity contribution in [3.8, 4) is 0 Å². The predicted octanol–water partition coefficient (Wildman–Crippen LogP) is -0.827. The largest absolute Gasteiger partial charge is 0.341 e. The summed E-state index contributed by atoms with van der Waals surface area (Å²) in [5.41, 5.74) is 0. The van der Waals surface area contributed by atoms with Crippen LogP contribution in [0.3, 0.4) is 0 Å². The highest BCUT2D eigenvalue weighted by molar-refractivity contribution is 7.91. The summed E-state index contributed by atoms with van der Waals surface area (Å²) in [7, 11) is 2.58. The molecule has 0 spiro atoms. The minimum atomic E-state index is -2.94. The molecule has 1 unspecified atom stereocenters. The molecule has 1 N–H and O–H groups in total. The number of likely N-dealkylation sites (N-methyl/N-ethyl adjacent to an activating group) is 2. The van der Waals surface area contributed by atoms with Crippen molar-refractivity contribution in [2.75, 3.05) is 52.3 Å². The fraction of sp³-hybridized carbons (Fsp3) is 0.917. The SMILES string of the molecule is CNCCCN(C)CC(=O)N(C)C1CCS(=O)(=O)C1. The second kappa shape index (κ2) is 7.21. The Morgan fingerprint density at radius 1 is 1.37 bits per heavy atom. The van der Waals surface area contributed by atoms with Crippen molar-refractivity contribution in [2.45, 2.75) is 18.9 Å². The van der Waals surface area contributed by atoms with Gasteiger partial charge in [0.05, 0.1) is 18.1 Å². The average molecular weight is 291 g/mol. The Morgan fingerprint density at radius 3 is 2.58 bits per heavy atom. The van der Waals surface area contributed by atoms with Crippen molar-refractivity contribution in [1.82, 2.24) is 15.1 Å². The molecule has 1 aliphatic heterocycles. The maximum atomic E-state index is 12.1. The minimum Gasteiger partial charge on any atom is -0.341 e. The van der Waals surface area contributed by atoms with Gasteiger partial charge in [-0.1, -0.05) is 0 Å². The Bertz CT molecular complexity index is 397. The molecule has 7 heteroatoms. The first-order valence-corrected chi connectivity index (χ1v) is 8.47. The summed E-state index contributed by atoms with van der Waals surface area (Å²) in [6.45, 7) is 2.12. The van der Waals surface area contributed by atoms with Gasteiger partial charge >= 0.3 is 0 Å². The van der Waals surface area contributed by atoms with Gasteiger partial charge in [-0.3, -0.25) is 9.69 Å². The first kappa shape index (κ1) is 16.4. The van der Waals surface area contributed by atoms with Gasteiger partial charge in [-0.15, -0.1) is 0 Å². The molecule has 0 saturated carbocycles. The van der Waals surface area contributed by atoms with Gasteiger partial charge in [-0.05, 0) is 40.0 Å². The van der Waals surface area contributed by atoms with E-state index in [-0.39, 0.29) is 23.5 Å². The molecule has 0 radical (unpaired) electrons. The van der Waals surface area contributed by atoms with Crippen LogP contribution in [0, 0.1) is 0 Å². The van der Waals surface area contributed by atoms with Crippen molar-refractivity contribution in [3.63, 3.8) is 0 Å². The van der Waals surface area contributed by atoms with Gasteiger partial charge in [0.1, 0.15) is 0 Å². The summed E-state index contributed by atoms with van der Waals surface area (Å²) in [5, 5.41) is 3.06. The van der Waals surface area contributed by atoms with Crippen LogP contribution in [0.5, 0.6) is 0 Å². The van der Waals surface area contributed by atoms with Crippen LogP contribution in [0.2, 0.25) is 0 Å². The number of amides is 1. The van der Waals surface area contributed by atoms with Gasteiger partial charge in [-0.2, -0.15) is 0 Å². The van der Waals surface area contributed by atoms with E-state index < -0.39 is 9.84 Å². The maximum Gasteiger partial charge on any atom is 0.236 e. The third kappa shape index (κ3) is 5.46. The molecule has 1 rings (SSSR count). The zero-order chi connectivity index (χ0) is 14.5. The summed E-state index contributed by atoms with van der Waals surface area (Å²) < 4.78 is 22.8. The lowest BCUT2D eigenvalue weighted by Gasteiger charge is -2.26. The van der Waals surface area contributed by atoms with E-state index in [1.54, 1.807) is 11.9 Å².